The van der Waals surface area contributed by atoms with Gasteiger partial charge in [0.1, 0.15) is 0 Å². The molecule has 18 heavy (non-hydrogen) atoms. The van der Waals surface area contributed by atoms with E-state index in [2.05, 4.69) is 26.1 Å². The van der Waals surface area contributed by atoms with Crippen LogP contribution in [0.15, 0.2) is 0 Å². The van der Waals surface area contributed by atoms with E-state index in [4.69, 9.17) is 4.74 Å². The van der Waals surface area contributed by atoms with E-state index < -0.39 is 0 Å². The van der Waals surface area contributed by atoms with Gasteiger partial charge in [-0.3, -0.25) is 0 Å². The molecular weight excluding hydrogens is 222 g/mol. The van der Waals surface area contributed by atoms with Crippen LogP contribution in [0.5, 0.6) is 0 Å². The summed E-state index contributed by atoms with van der Waals surface area (Å²) in [5.41, 5.74) is 0. The van der Waals surface area contributed by atoms with Gasteiger partial charge in [0.05, 0.1) is 0 Å². The molecule has 1 N–H and O–H groups in total. The van der Waals surface area contributed by atoms with Crippen molar-refractivity contribution in [2.45, 2.75) is 71.8 Å². The monoisotopic (exact) mass is 255 g/mol. The second-order valence-electron chi connectivity index (χ2n) is 6.19. The van der Waals surface area contributed by atoms with Crippen LogP contribution in [-0.4, -0.2) is 25.8 Å². The summed E-state index contributed by atoms with van der Waals surface area (Å²) >= 11 is 0. The normalized spacial score (nSPS) is 24.0. The maximum atomic E-state index is 5.77. The zero-order valence-electron chi connectivity index (χ0n) is 12.7. The van der Waals surface area contributed by atoms with Crippen LogP contribution in [0, 0.1) is 11.8 Å². The summed E-state index contributed by atoms with van der Waals surface area (Å²) in [6, 6.07) is 0.768. The van der Waals surface area contributed by atoms with Crippen LogP contribution in [0.2, 0.25) is 0 Å². The van der Waals surface area contributed by atoms with Crippen molar-refractivity contribution < 1.29 is 4.74 Å². The molecule has 0 radical (unpaired) electrons. The minimum Gasteiger partial charge on any atom is -0.381 e. The van der Waals surface area contributed by atoms with E-state index in [9.17, 15) is 0 Å². The zero-order chi connectivity index (χ0) is 13.2. The molecule has 0 spiro atoms. The maximum Gasteiger partial charge on any atom is 0.0469 e. The Bertz CT molecular complexity index is 194. The summed E-state index contributed by atoms with van der Waals surface area (Å²) in [6.07, 6.45) is 9.19. The highest BCUT2D eigenvalue weighted by Crippen LogP contribution is 2.28. The van der Waals surface area contributed by atoms with Crippen LogP contribution >= 0.6 is 0 Å². The van der Waals surface area contributed by atoms with Gasteiger partial charge in [0.25, 0.3) is 0 Å². The second-order valence-corrected chi connectivity index (χ2v) is 6.19. The molecule has 0 heterocycles. The topological polar surface area (TPSA) is 21.3 Å². The molecule has 1 fully saturated rings. The molecule has 2 atom stereocenters. The lowest BCUT2D eigenvalue weighted by Gasteiger charge is -2.20. The van der Waals surface area contributed by atoms with Gasteiger partial charge in [-0.1, -0.05) is 27.2 Å². The first-order valence-corrected chi connectivity index (χ1v) is 8.05. The van der Waals surface area contributed by atoms with Gasteiger partial charge in [-0.05, 0) is 56.9 Å². The molecule has 0 aromatic heterocycles. The van der Waals surface area contributed by atoms with Crippen molar-refractivity contribution in [1.82, 2.24) is 5.32 Å². The fourth-order valence-electron chi connectivity index (χ4n) is 2.91. The predicted molar refractivity (Wildman–Crippen MR) is 78.9 cm³/mol. The van der Waals surface area contributed by atoms with E-state index in [1.807, 2.05) is 0 Å². The Morgan fingerprint density at radius 2 is 2.06 bits per heavy atom. The molecule has 2 unspecified atom stereocenters. The van der Waals surface area contributed by atoms with E-state index in [1.54, 1.807) is 0 Å². The quantitative estimate of drug-likeness (QED) is 0.596. The standard InChI is InChI=1S/C16H33NO/c1-4-11-17-16-9-5-8-15(16)10-13-18-12-6-7-14(2)3/h14-17H,4-13H2,1-3H3. The summed E-state index contributed by atoms with van der Waals surface area (Å²) in [4.78, 5) is 0. The minimum absolute atomic E-state index is 0.768. The molecule has 2 nitrogen and oxygen atoms in total. The van der Waals surface area contributed by atoms with Gasteiger partial charge in [-0.15, -0.1) is 0 Å². The van der Waals surface area contributed by atoms with Gasteiger partial charge in [-0.25, -0.2) is 0 Å². The van der Waals surface area contributed by atoms with E-state index in [-0.39, 0.29) is 0 Å². The number of rotatable bonds is 10. The summed E-state index contributed by atoms with van der Waals surface area (Å²) in [5.74, 6) is 1.67. The average molecular weight is 255 g/mol. The zero-order valence-corrected chi connectivity index (χ0v) is 12.7. The number of ether oxygens (including phenoxy) is 1. The summed E-state index contributed by atoms with van der Waals surface area (Å²) in [7, 11) is 0. The van der Waals surface area contributed by atoms with Crippen LogP contribution in [0.4, 0.5) is 0 Å². The van der Waals surface area contributed by atoms with Gasteiger partial charge >= 0.3 is 0 Å². The van der Waals surface area contributed by atoms with E-state index in [0.717, 1.165) is 31.1 Å². The van der Waals surface area contributed by atoms with Crippen LogP contribution in [0.25, 0.3) is 0 Å². The predicted octanol–water partition coefficient (Wildman–Crippen LogP) is 4.00. The Kier molecular flexibility index (Phi) is 8.70. The molecular formula is C16H33NO. The van der Waals surface area contributed by atoms with Gasteiger partial charge in [0.15, 0.2) is 0 Å². The molecule has 1 aliphatic rings. The van der Waals surface area contributed by atoms with Crippen LogP contribution < -0.4 is 5.32 Å². The van der Waals surface area contributed by atoms with E-state index in [0.29, 0.717) is 0 Å². The third-order valence-corrected chi connectivity index (χ3v) is 4.02. The first-order valence-electron chi connectivity index (χ1n) is 8.05. The van der Waals surface area contributed by atoms with Crippen molar-refractivity contribution in [3.63, 3.8) is 0 Å². The molecule has 0 bridgehead atoms. The molecule has 0 aliphatic heterocycles. The smallest absolute Gasteiger partial charge is 0.0469 e. The van der Waals surface area contributed by atoms with E-state index in [1.165, 1.54) is 51.5 Å². The third-order valence-electron chi connectivity index (χ3n) is 4.02. The second kappa shape index (κ2) is 9.80. The van der Waals surface area contributed by atoms with Gasteiger partial charge in [-0.2, -0.15) is 0 Å². The summed E-state index contributed by atoms with van der Waals surface area (Å²) in [6.45, 7) is 9.90. The maximum absolute atomic E-state index is 5.77. The summed E-state index contributed by atoms with van der Waals surface area (Å²) in [5, 5.41) is 3.69. The Morgan fingerprint density at radius 1 is 1.22 bits per heavy atom. The Morgan fingerprint density at radius 3 is 2.78 bits per heavy atom. The fourth-order valence-corrected chi connectivity index (χ4v) is 2.91. The largest absolute Gasteiger partial charge is 0.381 e. The van der Waals surface area contributed by atoms with Gasteiger partial charge in [0.2, 0.25) is 0 Å². The Balaban J connectivity index is 2.00. The SMILES string of the molecule is CCCNC1CCCC1CCOCCCC(C)C. The highest BCUT2D eigenvalue weighted by Gasteiger charge is 2.25. The molecule has 0 saturated heterocycles. The number of hydrogen-bond donors (Lipinski definition) is 1. The lowest BCUT2D eigenvalue weighted by Crippen LogP contribution is -2.33. The van der Waals surface area contributed by atoms with E-state index >= 15 is 0 Å². The molecule has 0 aromatic carbocycles. The van der Waals surface area contributed by atoms with Gasteiger partial charge < -0.3 is 10.1 Å². The minimum atomic E-state index is 0.768. The van der Waals surface area contributed by atoms with Crippen molar-refractivity contribution in [2.24, 2.45) is 11.8 Å². The van der Waals surface area contributed by atoms with Crippen molar-refractivity contribution in [2.75, 3.05) is 19.8 Å². The first kappa shape index (κ1) is 16.0. The van der Waals surface area contributed by atoms with Crippen molar-refractivity contribution in [3.8, 4) is 0 Å². The molecule has 1 saturated carbocycles. The van der Waals surface area contributed by atoms with Crippen molar-refractivity contribution in [3.05, 3.63) is 0 Å². The lowest BCUT2D eigenvalue weighted by molar-refractivity contribution is 0.111. The first-order chi connectivity index (χ1) is 8.74. The average Bonchev–Trinajstić information content (AvgIpc) is 2.78. The molecule has 1 rings (SSSR count). The summed E-state index contributed by atoms with van der Waals surface area (Å²) < 4.78 is 5.77. The molecule has 1 aliphatic carbocycles. The number of hydrogen-bond acceptors (Lipinski definition) is 2. The van der Waals surface area contributed by atoms with Crippen molar-refractivity contribution >= 4 is 0 Å². The molecule has 108 valence electrons. The highest BCUT2D eigenvalue weighted by atomic mass is 16.5. The Labute approximate surface area is 114 Å². The van der Waals surface area contributed by atoms with Crippen LogP contribution in [0.3, 0.4) is 0 Å². The highest BCUT2D eigenvalue weighted by molar-refractivity contribution is 4.82. The fraction of sp³-hybridized carbons (Fsp3) is 1.00. The molecule has 0 aromatic rings. The molecule has 0 amide bonds. The third kappa shape index (κ3) is 6.75. The van der Waals surface area contributed by atoms with Crippen LogP contribution in [0.1, 0.15) is 65.7 Å². The Hall–Kier alpha value is -0.0800. The van der Waals surface area contributed by atoms with Crippen molar-refractivity contribution in [1.29, 1.82) is 0 Å². The van der Waals surface area contributed by atoms with Crippen LogP contribution in [-0.2, 0) is 4.74 Å². The molecule has 2 heteroatoms. The lowest BCUT2D eigenvalue weighted by atomic mass is 10.00. The van der Waals surface area contributed by atoms with Gasteiger partial charge in [0, 0.05) is 19.3 Å². The number of nitrogens with one attached hydrogen (secondary N) is 1.